The van der Waals surface area contributed by atoms with E-state index in [9.17, 15) is 13.2 Å². The van der Waals surface area contributed by atoms with Crippen LogP contribution in [0.3, 0.4) is 0 Å². The molecule has 0 aliphatic rings. The van der Waals surface area contributed by atoms with Crippen LogP contribution in [0.1, 0.15) is 34.7 Å². The van der Waals surface area contributed by atoms with E-state index in [1.54, 1.807) is 43.1 Å². The molecule has 1 amide bonds. The standard InChI is InChI=1S/C20H22N4O3S/c1-14-19(22-24(21-14)17-8-6-5-7-9-17)20(25)23(3)15(2)16-10-12-18(13-11-16)28(4,26)27/h5-13,15H,1-4H3. The molecule has 2 aromatic carbocycles. The molecular weight excluding hydrogens is 376 g/mol. The van der Waals surface area contributed by atoms with Gasteiger partial charge in [-0.2, -0.15) is 9.90 Å². The highest BCUT2D eigenvalue weighted by molar-refractivity contribution is 7.90. The fourth-order valence-corrected chi connectivity index (χ4v) is 3.44. The average Bonchev–Trinajstić information content (AvgIpc) is 3.08. The topological polar surface area (TPSA) is 85.2 Å². The molecule has 0 radical (unpaired) electrons. The van der Waals surface area contributed by atoms with Crippen molar-refractivity contribution in [3.63, 3.8) is 0 Å². The molecule has 1 unspecified atom stereocenters. The number of benzene rings is 2. The van der Waals surface area contributed by atoms with Gasteiger partial charge in [-0.3, -0.25) is 4.79 Å². The van der Waals surface area contributed by atoms with Crippen LogP contribution in [0.25, 0.3) is 5.69 Å². The maximum atomic E-state index is 13.0. The van der Waals surface area contributed by atoms with Crippen molar-refractivity contribution in [2.24, 2.45) is 0 Å². The van der Waals surface area contributed by atoms with Crippen LogP contribution in [0.15, 0.2) is 59.5 Å². The largest absolute Gasteiger partial charge is 0.333 e. The number of aryl methyl sites for hydroxylation is 1. The summed E-state index contributed by atoms with van der Waals surface area (Å²) in [5, 5.41) is 8.70. The molecular formula is C20H22N4O3S. The summed E-state index contributed by atoms with van der Waals surface area (Å²) in [4.78, 5) is 16.2. The second kappa shape index (κ2) is 7.55. The first-order chi connectivity index (χ1) is 13.2. The predicted molar refractivity (Wildman–Crippen MR) is 106 cm³/mol. The predicted octanol–water partition coefficient (Wildman–Crippen LogP) is 2.81. The van der Waals surface area contributed by atoms with Gasteiger partial charge in [-0.15, -0.1) is 5.10 Å². The lowest BCUT2D eigenvalue weighted by atomic mass is 10.1. The van der Waals surface area contributed by atoms with Crippen molar-refractivity contribution >= 4 is 15.7 Å². The second-order valence-electron chi connectivity index (χ2n) is 6.69. The van der Waals surface area contributed by atoms with Gasteiger partial charge in [-0.25, -0.2) is 8.42 Å². The van der Waals surface area contributed by atoms with Gasteiger partial charge in [-0.05, 0) is 43.7 Å². The van der Waals surface area contributed by atoms with Crippen molar-refractivity contribution in [1.82, 2.24) is 19.9 Å². The molecule has 0 saturated heterocycles. The Kier molecular flexibility index (Phi) is 5.33. The third-order valence-electron chi connectivity index (χ3n) is 4.66. The van der Waals surface area contributed by atoms with E-state index in [0.29, 0.717) is 5.69 Å². The number of rotatable bonds is 5. The molecule has 0 fully saturated rings. The lowest BCUT2D eigenvalue weighted by molar-refractivity contribution is 0.0735. The fourth-order valence-electron chi connectivity index (χ4n) is 2.81. The van der Waals surface area contributed by atoms with Crippen molar-refractivity contribution < 1.29 is 13.2 Å². The summed E-state index contributed by atoms with van der Waals surface area (Å²) in [5.41, 5.74) is 2.43. The van der Waals surface area contributed by atoms with E-state index in [0.717, 1.165) is 11.3 Å². The molecule has 3 aromatic rings. The lowest BCUT2D eigenvalue weighted by Crippen LogP contribution is -2.30. The minimum Gasteiger partial charge on any atom is -0.333 e. The third-order valence-corrected chi connectivity index (χ3v) is 5.79. The summed E-state index contributed by atoms with van der Waals surface area (Å²) >= 11 is 0. The maximum absolute atomic E-state index is 13.0. The number of carbonyl (C=O) groups is 1. The first kappa shape index (κ1) is 19.8. The number of sulfone groups is 1. The highest BCUT2D eigenvalue weighted by atomic mass is 32.2. The van der Waals surface area contributed by atoms with Gasteiger partial charge in [0, 0.05) is 13.3 Å². The van der Waals surface area contributed by atoms with E-state index in [1.165, 1.54) is 11.1 Å². The molecule has 0 saturated carbocycles. The zero-order valence-electron chi connectivity index (χ0n) is 16.2. The molecule has 1 aromatic heterocycles. The van der Waals surface area contributed by atoms with Crippen LogP contribution in [0, 0.1) is 6.92 Å². The maximum Gasteiger partial charge on any atom is 0.276 e. The average molecular weight is 398 g/mol. The van der Waals surface area contributed by atoms with E-state index >= 15 is 0 Å². The summed E-state index contributed by atoms with van der Waals surface area (Å²) in [6.45, 7) is 3.63. The zero-order chi connectivity index (χ0) is 20.5. The number of hydrogen-bond acceptors (Lipinski definition) is 5. The Labute approximate surface area is 164 Å². The molecule has 28 heavy (non-hydrogen) atoms. The molecule has 0 spiro atoms. The highest BCUT2D eigenvalue weighted by Crippen LogP contribution is 2.23. The van der Waals surface area contributed by atoms with Crippen molar-refractivity contribution in [2.45, 2.75) is 24.8 Å². The van der Waals surface area contributed by atoms with Crippen LogP contribution in [-0.2, 0) is 9.84 Å². The van der Waals surface area contributed by atoms with Gasteiger partial charge in [0.25, 0.3) is 5.91 Å². The van der Waals surface area contributed by atoms with Crippen molar-refractivity contribution in [3.8, 4) is 5.69 Å². The molecule has 0 bridgehead atoms. The van der Waals surface area contributed by atoms with E-state index in [-0.39, 0.29) is 22.5 Å². The van der Waals surface area contributed by atoms with Gasteiger partial charge in [-0.1, -0.05) is 30.3 Å². The number of nitrogens with zero attached hydrogens (tertiary/aromatic N) is 4. The molecule has 0 N–H and O–H groups in total. The quantitative estimate of drug-likeness (QED) is 0.660. The van der Waals surface area contributed by atoms with Crippen molar-refractivity contribution in [1.29, 1.82) is 0 Å². The van der Waals surface area contributed by atoms with Crippen LogP contribution in [-0.4, -0.2) is 47.5 Å². The third kappa shape index (κ3) is 3.96. The minimum absolute atomic E-state index is 0.249. The Morgan fingerprint density at radius 1 is 1.04 bits per heavy atom. The minimum atomic E-state index is -3.26. The summed E-state index contributed by atoms with van der Waals surface area (Å²) in [5.74, 6) is -0.251. The molecule has 8 heteroatoms. The SMILES string of the molecule is Cc1nn(-c2ccccc2)nc1C(=O)N(C)C(C)c1ccc(S(C)(=O)=O)cc1. The zero-order valence-corrected chi connectivity index (χ0v) is 17.0. The number of para-hydroxylation sites is 1. The lowest BCUT2D eigenvalue weighted by Gasteiger charge is -2.24. The summed E-state index contributed by atoms with van der Waals surface area (Å²) in [7, 11) is -1.56. The van der Waals surface area contributed by atoms with Crippen molar-refractivity contribution in [3.05, 3.63) is 71.5 Å². The smallest absolute Gasteiger partial charge is 0.276 e. The molecule has 146 valence electrons. The second-order valence-corrected chi connectivity index (χ2v) is 8.71. The normalized spacial score (nSPS) is 12.6. The van der Waals surface area contributed by atoms with Crippen LogP contribution >= 0.6 is 0 Å². The van der Waals surface area contributed by atoms with Gasteiger partial charge in [0.2, 0.25) is 0 Å². The monoisotopic (exact) mass is 398 g/mol. The number of amides is 1. The van der Waals surface area contributed by atoms with Gasteiger partial charge >= 0.3 is 0 Å². The Hall–Kier alpha value is -3.00. The van der Waals surface area contributed by atoms with E-state index in [2.05, 4.69) is 10.2 Å². The van der Waals surface area contributed by atoms with Crippen molar-refractivity contribution in [2.75, 3.05) is 13.3 Å². The van der Waals surface area contributed by atoms with Gasteiger partial charge < -0.3 is 4.90 Å². The van der Waals surface area contributed by atoms with E-state index in [4.69, 9.17) is 0 Å². The Morgan fingerprint density at radius 3 is 2.21 bits per heavy atom. The van der Waals surface area contributed by atoms with E-state index < -0.39 is 9.84 Å². The Balaban J connectivity index is 1.83. The van der Waals surface area contributed by atoms with Gasteiger partial charge in [0.05, 0.1) is 22.3 Å². The Bertz CT molecular complexity index is 1090. The summed E-state index contributed by atoms with van der Waals surface area (Å²) in [6.07, 6.45) is 1.17. The molecule has 3 rings (SSSR count). The van der Waals surface area contributed by atoms with Crippen LogP contribution < -0.4 is 0 Å². The number of hydrogen-bond donors (Lipinski definition) is 0. The van der Waals surface area contributed by atoms with Crippen LogP contribution in [0.2, 0.25) is 0 Å². The van der Waals surface area contributed by atoms with Crippen LogP contribution in [0.5, 0.6) is 0 Å². The van der Waals surface area contributed by atoms with E-state index in [1.807, 2.05) is 37.3 Å². The molecule has 0 aliphatic carbocycles. The fraction of sp³-hybridized carbons (Fsp3) is 0.250. The highest BCUT2D eigenvalue weighted by Gasteiger charge is 2.24. The first-order valence-corrected chi connectivity index (χ1v) is 10.6. The Morgan fingerprint density at radius 2 is 1.64 bits per heavy atom. The van der Waals surface area contributed by atoms with Gasteiger partial charge in [0.15, 0.2) is 15.5 Å². The first-order valence-electron chi connectivity index (χ1n) is 8.75. The molecule has 0 aliphatic heterocycles. The molecule has 1 heterocycles. The number of carbonyl (C=O) groups excluding carboxylic acids is 1. The molecule has 7 nitrogen and oxygen atoms in total. The van der Waals surface area contributed by atoms with Crippen LogP contribution in [0.4, 0.5) is 0 Å². The summed E-state index contributed by atoms with van der Waals surface area (Å²) in [6, 6.07) is 15.7. The number of aromatic nitrogens is 3. The molecule has 1 atom stereocenters. The van der Waals surface area contributed by atoms with Gasteiger partial charge in [0.1, 0.15) is 0 Å². The summed E-state index contributed by atoms with van der Waals surface area (Å²) < 4.78 is 23.2.